The van der Waals surface area contributed by atoms with Gasteiger partial charge in [0.15, 0.2) is 0 Å². The minimum Gasteiger partial charge on any atom is -0.350 e. The van der Waals surface area contributed by atoms with E-state index in [0.29, 0.717) is 18.8 Å². The summed E-state index contributed by atoms with van der Waals surface area (Å²) in [6.07, 6.45) is 3.56. The highest BCUT2D eigenvalue weighted by Crippen LogP contribution is 2.27. The first-order valence-electron chi connectivity index (χ1n) is 7.68. The maximum atomic E-state index is 12.4. The zero-order chi connectivity index (χ0) is 17.3. The van der Waals surface area contributed by atoms with E-state index in [-0.39, 0.29) is 5.91 Å². The summed E-state index contributed by atoms with van der Waals surface area (Å²) in [5, 5.41) is 8.03. The molecule has 2 heterocycles. The van der Waals surface area contributed by atoms with E-state index < -0.39 is 5.54 Å². The molecule has 0 aliphatic heterocycles. The number of benzene rings is 1. The van der Waals surface area contributed by atoms with Crippen molar-refractivity contribution in [3.63, 3.8) is 0 Å². The Bertz CT molecular complexity index is 867. The maximum Gasteiger partial charge on any atom is 0.267 e. The minimum atomic E-state index is -0.592. The van der Waals surface area contributed by atoms with E-state index in [1.807, 2.05) is 44.3 Å². The van der Waals surface area contributed by atoms with Crippen molar-refractivity contribution in [3.8, 4) is 0 Å². The minimum absolute atomic E-state index is 0.173. The Morgan fingerprint density at radius 2 is 2.29 bits per heavy atom. The average Bonchev–Trinajstić information content (AvgIpc) is 3.18. The third-order valence-electron chi connectivity index (χ3n) is 3.91. The molecule has 1 unspecified atom stereocenters. The van der Waals surface area contributed by atoms with Gasteiger partial charge in [0.1, 0.15) is 5.69 Å². The second-order valence-corrected chi connectivity index (χ2v) is 7.17. The van der Waals surface area contributed by atoms with E-state index in [9.17, 15) is 4.79 Å². The molecule has 2 aromatic heterocycles. The van der Waals surface area contributed by atoms with Gasteiger partial charge in [-0.15, -0.1) is 0 Å². The van der Waals surface area contributed by atoms with Crippen molar-refractivity contribution >= 4 is 32.7 Å². The normalized spacial score (nSPS) is 13.8. The molecule has 0 bridgehead atoms. The van der Waals surface area contributed by atoms with Crippen molar-refractivity contribution in [2.45, 2.75) is 25.9 Å². The number of aryl methyl sites for hydroxylation is 1. The number of H-pyrrole nitrogens is 1. The molecule has 3 aromatic rings. The standard InChI is InChI=1S/C17H20BrN5O/c1-11-4-5-13-12(15(11)18)8-14(22-13)16(24)20-9-17(2,19)10-23-7-3-6-21-23/h3-8,22H,9-10,19H2,1-2H3,(H,20,24). The molecule has 24 heavy (non-hydrogen) atoms. The van der Waals surface area contributed by atoms with Gasteiger partial charge in [-0.05, 0) is 53.5 Å². The predicted octanol–water partition coefficient (Wildman–Crippen LogP) is 2.58. The van der Waals surface area contributed by atoms with E-state index in [0.717, 1.165) is 20.9 Å². The van der Waals surface area contributed by atoms with Crippen LogP contribution in [0.3, 0.4) is 0 Å². The van der Waals surface area contributed by atoms with Crippen LogP contribution in [0.15, 0.2) is 41.1 Å². The van der Waals surface area contributed by atoms with Gasteiger partial charge in [0.2, 0.25) is 0 Å². The largest absolute Gasteiger partial charge is 0.350 e. The van der Waals surface area contributed by atoms with Crippen LogP contribution in [0.2, 0.25) is 0 Å². The summed E-state index contributed by atoms with van der Waals surface area (Å²) in [4.78, 5) is 15.6. The van der Waals surface area contributed by atoms with Crippen LogP contribution in [0.4, 0.5) is 0 Å². The first-order valence-corrected chi connectivity index (χ1v) is 8.47. The lowest BCUT2D eigenvalue weighted by molar-refractivity contribution is 0.0938. The molecule has 6 nitrogen and oxygen atoms in total. The van der Waals surface area contributed by atoms with Gasteiger partial charge in [-0.25, -0.2) is 0 Å². The van der Waals surface area contributed by atoms with Crippen molar-refractivity contribution < 1.29 is 4.79 Å². The number of halogens is 1. The number of aromatic nitrogens is 3. The fourth-order valence-corrected chi connectivity index (χ4v) is 3.06. The van der Waals surface area contributed by atoms with Crippen LogP contribution >= 0.6 is 15.9 Å². The van der Waals surface area contributed by atoms with E-state index >= 15 is 0 Å². The number of amides is 1. The van der Waals surface area contributed by atoms with E-state index in [4.69, 9.17) is 5.73 Å². The average molecular weight is 390 g/mol. The number of nitrogens with two attached hydrogens (primary N) is 1. The number of carbonyl (C=O) groups is 1. The molecule has 7 heteroatoms. The molecule has 0 fully saturated rings. The lowest BCUT2D eigenvalue weighted by Crippen LogP contribution is -2.50. The van der Waals surface area contributed by atoms with Crippen LogP contribution in [0.25, 0.3) is 10.9 Å². The number of nitrogens with zero attached hydrogens (tertiary/aromatic N) is 2. The predicted molar refractivity (Wildman–Crippen MR) is 97.9 cm³/mol. The number of fused-ring (bicyclic) bond motifs is 1. The Morgan fingerprint density at radius 1 is 1.50 bits per heavy atom. The highest BCUT2D eigenvalue weighted by Gasteiger charge is 2.21. The number of rotatable bonds is 5. The summed E-state index contributed by atoms with van der Waals surface area (Å²) in [7, 11) is 0. The third-order valence-corrected chi connectivity index (χ3v) is 4.96. The smallest absolute Gasteiger partial charge is 0.267 e. The lowest BCUT2D eigenvalue weighted by Gasteiger charge is -2.24. The quantitative estimate of drug-likeness (QED) is 0.626. The second-order valence-electron chi connectivity index (χ2n) is 6.38. The van der Waals surface area contributed by atoms with Crippen LogP contribution in [0, 0.1) is 6.92 Å². The Morgan fingerprint density at radius 3 is 3.00 bits per heavy atom. The molecule has 4 N–H and O–H groups in total. The van der Waals surface area contributed by atoms with Gasteiger partial charge in [-0.2, -0.15) is 5.10 Å². The summed E-state index contributed by atoms with van der Waals surface area (Å²) in [6, 6.07) is 7.67. The zero-order valence-electron chi connectivity index (χ0n) is 13.6. The van der Waals surface area contributed by atoms with Crippen LogP contribution in [0.1, 0.15) is 23.0 Å². The molecule has 1 atom stereocenters. The van der Waals surface area contributed by atoms with Crippen LogP contribution in [-0.4, -0.2) is 32.8 Å². The zero-order valence-corrected chi connectivity index (χ0v) is 15.2. The van der Waals surface area contributed by atoms with Gasteiger partial charge in [-0.1, -0.05) is 6.07 Å². The van der Waals surface area contributed by atoms with Gasteiger partial charge >= 0.3 is 0 Å². The Balaban J connectivity index is 1.70. The second kappa shape index (κ2) is 6.41. The lowest BCUT2D eigenvalue weighted by atomic mass is 10.0. The van der Waals surface area contributed by atoms with Crippen LogP contribution in [0.5, 0.6) is 0 Å². The molecule has 0 aliphatic rings. The molecule has 1 amide bonds. The highest BCUT2D eigenvalue weighted by molar-refractivity contribution is 9.10. The Labute approximate surface area is 148 Å². The number of hydrogen-bond donors (Lipinski definition) is 3. The van der Waals surface area contributed by atoms with Gasteiger partial charge in [-0.3, -0.25) is 9.48 Å². The summed E-state index contributed by atoms with van der Waals surface area (Å²) < 4.78 is 2.76. The number of aromatic amines is 1. The molecule has 0 spiro atoms. The Kier molecular flexibility index (Phi) is 4.47. The highest BCUT2D eigenvalue weighted by atomic mass is 79.9. The fraction of sp³-hybridized carbons (Fsp3) is 0.294. The van der Waals surface area contributed by atoms with E-state index in [2.05, 4.69) is 31.3 Å². The van der Waals surface area contributed by atoms with Gasteiger partial charge in [0, 0.05) is 34.3 Å². The molecular formula is C17H20BrN5O. The van der Waals surface area contributed by atoms with E-state index in [1.165, 1.54) is 0 Å². The molecule has 0 aliphatic carbocycles. The molecule has 3 rings (SSSR count). The van der Waals surface area contributed by atoms with Crippen LogP contribution in [-0.2, 0) is 6.54 Å². The van der Waals surface area contributed by atoms with Gasteiger partial charge < -0.3 is 16.0 Å². The van der Waals surface area contributed by atoms with Gasteiger partial charge in [0.05, 0.1) is 12.1 Å². The first-order chi connectivity index (χ1) is 11.4. The van der Waals surface area contributed by atoms with E-state index in [1.54, 1.807) is 10.9 Å². The summed E-state index contributed by atoms with van der Waals surface area (Å²) >= 11 is 3.57. The van der Waals surface area contributed by atoms with Crippen molar-refractivity contribution in [2.75, 3.05) is 6.54 Å². The molecule has 0 saturated carbocycles. The number of nitrogens with one attached hydrogen (secondary N) is 2. The van der Waals surface area contributed by atoms with Crippen molar-refractivity contribution in [3.05, 3.63) is 52.4 Å². The van der Waals surface area contributed by atoms with Gasteiger partial charge in [0.25, 0.3) is 5.91 Å². The maximum absolute atomic E-state index is 12.4. The molecule has 1 aromatic carbocycles. The van der Waals surface area contributed by atoms with Crippen molar-refractivity contribution in [2.24, 2.45) is 5.73 Å². The molecule has 126 valence electrons. The fourth-order valence-electron chi connectivity index (χ4n) is 2.60. The third kappa shape index (κ3) is 3.52. The monoisotopic (exact) mass is 389 g/mol. The summed E-state index contributed by atoms with van der Waals surface area (Å²) in [5.41, 5.74) is 8.24. The van der Waals surface area contributed by atoms with Crippen molar-refractivity contribution in [1.29, 1.82) is 0 Å². The molecule has 0 saturated heterocycles. The number of carbonyl (C=O) groups excluding carboxylic acids is 1. The first kappa shape index (κ1) is 16.7. The summed E-state index contributed by atoms with van der Waals surface area (Å²) in [6.45, 7) is 4.78. The Hall–Kier alpha value is -2.12. The molecule has 0 radical (unpaired) electrons. The molecular weight excluding hydrogens is 370 g/mol. The summed E-state index contributed by atoms with van der Waals surface area (Å²) in [5.74, 6) is -0.173. The number of hydrogen-bond acceptors (Lipinski definition) is 3. The topological polar surface area (TPSA) is 88.7 Å². The van der Waals surface area contributed by atoms with Crippen LogP contribution < -0.4 is 11.1 Å². The SMILES string of the molecule is Cc1ccc2[nH]c(C(=O)NCC(C)(N)Cn3cccn3)cc2c1Br. The van der Waals surface area contributed by atoms with Crippen molar-refractivity contribution in [1.82, 2.24) is 20.1 Å².